The van der Waals surface area contributed by atoms with Gasteiger partial charge in [0.05, 0.1) is 12.5 Å². The van der Waals surface area contributed by atoms with Gasteiger partial charge in [-0.1, -0.05) is 20.8 Å². The minimum absolute atomic E-state index is 0.125. The summed E-state index contributed by atoms with van der Waals surface area (Å²) in [5, 5.41) is 0. The van der Waals surface area contributed by atoms with Crippen LogP contribution in [0.3, 0.4) is 0 Å². The second-order valence-electron chi connectivity index (χ2n) is 6.67. The number of carbonyl (C=O) groups is 1. The lowest BCUT2D eigenvalue weighted by molar-refractivity contribution is -0.138. The number of nitrogens with zero attached hydrogens (tertiary/aromatic N) is 1. The zero-order valence-electron chi connectivity index (χ0n) is 12.5. The third-order valence-electron chi connectivity index (χ3n) is 3.90. The van der Waals surface area contributed by atoms with Gasteiger partial charge in [-0.05, 0) is 25.7 Å². The molecule has 2 rings (SSSR count). The van der Waals surface area contributed by atoms with E-state index in [1.807, 2.05) is 11.8 Å². The SMILES string of the molecule is CC(C)(C)SC[C@@H]1CCCCN1C(=O)[C@@H]1CCOC1. The molecule has 1 amide bonds. The zero-order chi connectivity index (χ0) is 13.9. The molecule has 2 fully saturated rings. The lowest BCUT2D eigenvalue weighted by atomic mass is 9.99. The number of hydrogen-bond acceptors (Lipinski definition) is 3. The molecule has 0 aliphatic carbocycles. The van der Waals surface area contributed by atoms with E-state index >= 15 is 0 Å². The van der Waals surface area contributed by atoms with Crippen LogP contribution in [0.5, 0.6) is 0 Å². The van der Waals surface area contributed by atoms with Gasteiger partial charge in [0.15, 0.2) is 0 Å². The fourth-order valence-electron chi connectivity index (χ4n) is 2.77. The minimum atomic E-state index is 0.125. The summed E-state index contributed by atoms with van der Waals surface area (Å²) in [6.07, 6.45) is 4.51. The standard InChI is InChI=1S/C15H27NO2S/c1-15(2,3)19-11-13-6-4-5-8-16(13)14(17)12-7-9-18-10-12/h12-13H,4-11H2,1-3H3/t12-,13+/m1/s1. The Kier molecular flexibility index (Phi) is 5.18. The van der Waals surface area contributed by atoms with Crippen molar-refractivity contribution in [2.45, 2.75) is 57.2 Å². The average Bonchev–Trinajstić information content (AvgIpc) is 2.89. The highest BCUT2D eigenvalue weighted by atomic mass is 32.2. The second kappa shape index (κ2) is 6.49. The Labute approximate surface area is 121 Å². The first-order chi connectivity index (χ1) is 8.97. The molecule has 2 saturated heterocycles. The number of rotatable bonds is 3. The fourth-order valence-corrected chi connectivity index (χ4v) is 3.81. The van der Waals surface area contributed by atoms with Gasteiger partial charge in [-0.2, -0.15) is 11.8 Å². The van der Waals surface area contributed by atoms with Crippen LogP contribution in [0.2, 0.25) is 0 Å². The maximum Gasteiger partial charge on any atom is 0.228 e. The molecule has 0 aromatic heterocycles. The Hall–Kier alpha value is -0.220. The predicted molar refractivity (Wildman–Crippen MR) is 80.5 cm³/mol. The van der Waals surface area contributed by atoms with Gasteiger partial charge in [-0.25, -0.2) is 0 Å². The molecule has 2 heterocycles. The van der Waals surface area contributed by atoms with Gasteiger partial charge in [0, 0.05) is 29.7 Å². The van der Waals surface area contributed by atoms with Crippen LogP contribution in [0.25, 0.3) is 0 Å². The molecule has 0 radical (unpaired) electrons. The van der Waals surface area contributed by atoms with E-state index in [9.17, 15) is 4.79 Å². The molecule has 2 atom stereocenters. The first-order valence-corrected chi connectivity index (χ1v) is 8.48. The molecular weight excluding hydrogens is 258 g/mol. The number of ether oxygens (including phenoxy) is 1. The number of thioether (sulfide) groups is 1. The van der Waals surface area contributed by atoms with Crippen LogP contribution < -0.4 is 0 Å². The Balaban J connectivity index is 1.93. The van der Waals surface area contributed by atoms with E-state index in [0.717, 1.165) is 31.7 Å². The van der Waals surface area contributed by atoms with E-state index in [0.29, 0.717) is 18.6 Å². The largest absolute Gasteiger partial charge is 0.381 e. The summed E-state index contributed by atoms with van der Waals surface area (Å²) in [6.45, 7) is 9.08. The summed E-state index contributed by atoms with van der Waals surface area (Å²) >= 11 is 1.98. The average molecular weight is 285 g/mol. The smallest absolute Gasteiger partial charge is 0.228 e. The van der Waals surface area contributed by atoms with Crippen molar-refractivity contribution in [3.05, 3.63) is 0 Å². The summed E-state index contributed by atoms with van der Waals surface area (Å²) in [4.78, 5) is 14.7. The maximum atomic E-state index is 12.6. The molecule has 0 spiro atoms. The maximum absolute atomic E-state index is 12.6. The van der Waals surface area contributed by atoms with Crippen molar-refractivity contribution in [1.29, 1.82) is 0 Å². The van der Waals surface area contributed by atoms with E-state index in [-0.39, 0.29) is 10.7 Å². The minimum Gasteiger partial charge on any atom is -0.381 e. The highest BCUT2D eigenvalue weighted by molar-refractivity contribution is 8.00. The van der Waals surface area contributed by atoms with Crippen molar-refractivity contribution >= 4 is 17.7 Å². The first-order valence-electron chi connectivity index (χ1n) is 7.49. The van der Waals surface area contributed by atoms with E-state index in [4.69, 9.17) is 4.74 Å². The molecule has 0 aromatic rings. The van der Waals surface area contributed by atoms with Crippen molar-refractivity contribution in [2.75, 3.05) is 25.5 Å². The Morgan fingerprint density at radius 3 is 2.74 bits per heavy atom. The van der Waals surface area contributed by atoms with Crippen molar-refractivity contribution in [3.63, 3.8) is 0 Å². The number of piperidine rings is 1. The normalized spacial score (nSPS) is 28.7. The molecule has 110 valence electrons. The molecule has 2 aliphatic rings. The van der Waals surface area contributed by atoms with Gasteiger partial charge in [-0.15, -0.1) is 0 Å². The van der Waals surface area contributed by atoms with E-state index in [1.165, 1.54) is 12.8 Å². The number of hydrogen-bond donors (Lipinski definition) is 0. The summed E-state index contributed by atoms with van der Waals surface area (Å²) in [7, 11) is 0. The molecule has 0 aromatic carbocycles. The van der Waals surface area contributed by atoms with Crippen LogP contribution in [-0.4, -0.2) is 47.1 Å². The molecule has 4 heteroatoms. The van der Waals surface area contributed by atoms with E-state index < -0.39 is 0 Å². The lowest BCUT2D eigenvalue weighted by Crippen LogP contribution is -2.48. The van der Waals surface area contributed by atoms with Gasteiger partial charge < -0.3 is 9.64 Å². The van der Waals surface area contributed by atoms with Crippen molar-refractivity contribution < 1.29 is 9.53 Å². The number of likely N-dealkylation sites (tertiary alicyclic amines) is 1. The van der Waals surface area contributed by atoms with Gasteiger partial charge >= 0.3 is 0 Å². The topological polar surface area (TPSA) is 29.5 Å². The van der Waals surface area contributed by atoms with Crippen LogP contribution in [0, 0.1) is 5.92 Å². The first kappa shape index (κ1) is 15.2. The second-order valence-corrected chi connectivity index (χ2v) is 8.51. The molecule has 19 heavy (non-hydrogen) atoms. The molecule has 2 aliphatic heterocycles. The summed E-state index contributed by atoms with van der Waals surface area (Å²) < 4.78 is 5.65. The highest BCUT2D eigenvalue weighted by Crippen LogP contribution is 2.30. The third kappa shape index (κ3) is 4.38. The molecule has 0 N–H and O–H groups in total. The summed E-state index contributed by atoms with van der Waals surface area (Å²) in [6, 6.07) is 0.436. The third-order valence-corrected chi connectivity index (χ3v) is 5.32. The zero-order valence-corrected chi connectivity index (χ0v) is 13.3. The van der Waals surface area contributed by atoms with Crippen LogP contribution in [0.1, 0.15) is 46.5 Å². The lowest BCUT2D eigenvalue weighted by Gasteiger charge is -2.38. The monoisotopic (exact) mass is 285 g/mol. The van der Waals surface area contributed by atoms with Gasteiger partial charge in [-0.3, -0.25) is 4.79 Å². The fraction of sp³-hybridized carbons (Fsp3) is 0.933. The van der Waals surface area contributed by atoms with Gasteiger partial charge in [0.1, 0.15) is 0 Å². The molecular formula is C15H27NO2S. The van der Waals surface area contributed by atoms with Crippen molar-refractivity contribution in [1.82, 2.24) is 4.90 Å². The van der Waals surface area contributed by atoms with Gasteiger partial charge in [0.2, 0.25) is 5.91 Å². The van der Waals surface area contributed by atoms with Crippen LogP contribution in [0.4, 0.5) is 0 Å². The number of amides is 1. The Morgan fingerprint density at radius 2 is 2.11 bits per heavy atom. The van der Waals surface area contributed by atoms with Crippen LogP contribution in [-0.2, 0) is 9.53 Å². The molecule has 0 saturated carbocycles. The summed E-state index contributed by atoms with van der Waals surface area (Å²) in [5.41, 5.74) is 0. The molecule has 0 unspecified atom stereocenters. The highest BCUT2D eigenvalue weighted by Gasteiger charge is 2.33. The van der Waals surface area contributed by atoms with Crippen molar-refractivity contribution in [2.24, 2.45) is 5.92 Å². The molecule has 0 bridgehead atoms. The van der Waals surface area contributed by atoms with Gasteiger partial charge in [0.25, 0.3) is 0 Å². The Bertz CT molecular complexity index is 308. The number of carbonyl (C=O) groups excluding carboxylic acids is 1. The van der Waals surface area contributed by atoms with Crippen molar-refractivity contribution in [3.8, 4) is 0 Å². The Morgan fingerprint density at radius 1 is 1.32 bits per heavy atom. The molecule has 3 nitrogen and oxygen atoms in total. The van der Waals surface area contributed by atoms with Crippen LogP contribution >= 0.6 is 11.8 Å². The van der Waals surface area contributed by atoms with E-state index in [2.05, 4.69) is 25.7 Å². The quantitative estimate of drug-likeness (QED) is 0.798. The van der Waals surface area contributed by atoms with Crippen LogP contribution in [0.15, 0.2) is 0 Å². The van der Waals surface area contributed by atoms with E-state index in [1.54, 1.807) is 0 Å². The predicted octanol–water partition coefficient (Wildman–Crippen LogP) is 2.94. The summed E-state index contributed by atoms with van der Waals surface area (Å²) in [5.74, 6) is 1.54.